The van der Waals surface area contributed by atoms with Crippen LogP contribution < -0.4 is 14.8 Å². The van der Waals surface area contributed by atoms with Gasteiger partial charge in [0.25, 0.3) is 10.0 Å². The van der Waals surface area contributed by atoms with Crippen molar-refractivity contribution in [2.24, 2.45) is 0 Å². The van der Waals surface area contributed by atoms with Gasteiger partial charge >= 0.3 is 6.09 Å². The largest absolute Gasteiger partial charge is 0.413 e. The van der Waals surface area contributed by atoms with Gasteiger partial charge in [-0.15, -0.1) is 0 Å². The standard InChI is InChI=1S/C34H42N4O4S/c1-24-11-8-9-21-38(24)22-10-20-35-33(39)42-32-31(25-12-6-5-7-13-25)29-23-27(16-19-30(29)36-32)37-43(40,41)28-17-14-26(15-18-28)34(2,3)4/h5-7,12-19,23-24,36-37H,8-11,20-22H2,1-4H3,(H,35,39). The summed E-state index contributed by atoms with van der Waals surface area (Å²) in [5, 5.41) is 3.62. The number of likely N-dealkylation sites (tertiary alicyclic amines) is 1. The van der Waals surface area contributed by atoms with Gasteiger partial charge in [0.2, 0.25) is 5.88 Å². The molecule has 3 N–H and O–H groups in total. The van der Waals surface area contributed by atoms with E-state index in [-0.39, 0.29) is 10.3 Å². The zero-order chi connectivity index (χ0) is 30.6. The molecule has 1 aliphatic heterocycles. The molecule has 0 spiro atoms. The lowest BCUT2D eigenvalue weighted by Gasteiger charge is -2.33. The molecule has 0 saturated carbocycles. The molecule has 3 aromatic carbocycles. The van der Waals surface area contributed by atoms with Crippen LogP contribution in [0.25, 0.3) is 22.0 Å². The van der Waals surface area contributed by atoms with E-state index in [9.17, 15) is 13.2 Å². The van der Waals surface area contributed by atoms with Gasteiger partial charge < -0.3 is 19.9 Å². The number of H-pyrrole nitrogens is 1. The van der Waals surface area contributed by atoms with Crippen LogP contribution >= 0.6 is 0 Å². The molecule has 43 heavy (non-hydrogen) atoms. The van der Waals surface area contributed by atoms with Crippen LogP contribution in [0.5, 0.6) is 5.88 Å². The molecule has 1 aromatic heterocycles. The zero-order valence-electron chi connectivity index (χ0n) is 25.4. The fraction of sp³-hybridized carbons (Fsp3) is 0.382. The van der Waals surface area contributed by atoms with Gasteiger partial charge in [-0.05, 0) is 79.6 Å². The molecule has 1 amide bonds. The van der Waals surface area contributed by atoms with Gasteiger partial charge in [-0.25, -0.2) is 13.2 Å². The van der Waals surface area contributed by atoms with Crippen molar-refractivity contribution < 1.29 is 17.9 Å². The second-order valence-corrected chi connectivity index (χ2v) is 14.1. The summed E-state index contributed by atoms with van der Waals surface area (Å²) in [6.07, 6.45) is 4.06. The van der Waals surface area contributed by atoms with E-state index in [0.717, 1.165) is 41.5 Å². The van der Waals surface area contributed by atoms with Crippen molar-refractivity contribution in [1.82, 2.24) is 15.2 Å². The van der Waals surface area contributed by atoms with Crippen molar-refractivity contribution in [2.45, 2.75) is 69.7 Å². The maximum Gasteiger partial charge on any atom is 0.413 e. The van der Waals surface area contributed by atoms with Gasteiger partial charge in [0.05, 0.1) is 10.5 Å². The molecule has 1 fully saturated rings. The number of hydrogen-bond donors (Lipinski definition) is 3. The number of fused-ring (bicyclic) bond motifs is 1. The highest BCUT2D eigenvalue weighted by Gasteiger charge is 2.22. The zero-order valence-corrected chi connectivity index (χ0v) is 26.3. The predicted octanol–water partition coefficient (Wildman–Crippen LogP) is 7.29. The van der Waals surface area contributed by atoms with E-state index in [0.29, 0.717) is 29.7 Å². The van der Waals surface area contributed by atoms with Crippen LogP contribution in [-0.4, -0.2) is 50.1 Å². The molecule has 4 aromatic rings. The number of hydrogen-bond acceptors (Lipinski definition) is 5. The Morgan fingerprint density at radius 2 is 1.77 bits per heavy atom. The molecule has 8 nitrogen and oxygen atoms in total. The second kappa shape index (κ2) is 12.8. The molecule has 1 atom stereocenters. The van der Waals surface area contributed by atoms with E-state index in [1.165, 1.54) is 19.3 Å². The maximum atomic E-state index is 13.2. The number of carbonyl (C=O) groups excluding carboxylic acids is 1. The first-order valence-corrected chi connectivity index (χ1v) is 16.5. The number of aromatic nitrogens is 1. The molecule has 0 radical (unpaired) electrons. The van der Waals surface area contributed by atoms with E-state index in [1.54, 1.807) is 30.3 Å². The molecule has 228 valence electrons. The number of nitrogens with zero attached hydrogens (tertiary/aromatic N) is 1. The van der Waals surface area contributed by atoms with Gasteiger partial charge in [-0.3, -0.25) is 4.72 Å². The number of amides is 1. The fourth-order valence-corrected chi connectivity index (χ4v) is 6.69. The Labute approximate surface area is 254 Å². The third-order valence-corrected chi connectivity index (χ3v) is 9.53. The van der Waals surface area contributed by atoms with Crippen molar-refractivity contribution in [3.63, 3.8) is 0 Å². The van der Waals surface area contributed by atoms with Crippen LogP contribution in [0.3, 0.4) is 0 Å². The molecule has 9 heteroatoms. The second-order valence-electron chi connectivity index (χ2n) is 12.4. The Morgan fingerprint density at radius 1 is 1.02 bits per heavy atom. The Morgan fingerprint density at radius 3 is 2.47 bits per heavy atom. The summed E-state index contributed by atoms with van der Waals surface area (Å²) < 4.78 is 35.0. The van der Waals surface area contributed by atoms with E-state index in [1.807, 2.05) is 42.5 Å². The van der Waals surface area contributed by atoms with Crippen LogP contribution in [0.15, 0.2) is 77.7 Å². The predicted molar refractivity (Wildman–Crippen MR) is 173 cm³/mol. The quantitative estimate of drug-likeness (QED) is 0.175. The van der Waals surface area contributed by atoms with Crippen LogP contribution in [0, 0.1) is 0 Å². The number of sulfonamides is 1. The van der Waals surface area contributed by atoms with Crippen LogP contribution in [0.1, 0.15) is 58.9 Å². The highest BCUT2D eigenvalue weighted by molar-refractivity contribution is 7.92. The van der Waals surface area contributed by atoms with Crippen molar-refractivity contribution in [3.05, 3.63) is 78.4 Å². The fourth-order valence-electron chi connectivity index (χ4n) is 5.64. The summed E-state index contributed by atoms with van der Waals surface area (Å²) in [5.41, 5.74) is 3.63. The minimum atomic E-state index is -3.82. The summed E-state index contributed by atoms with van der Waals surface area (Å²) in [5.74, 6) is 0.307. The first-order valence-electron chi connectivity index (χ1n) is 15.1. The van der Waals surface area contributed by atoms with Gasteiger partial charge in [0.1, 0.15) is 0 Å². The third-order valence-electron chi connectivity index (χ3n) is 8.14. The number of anilines is 1. The van der Waals surface area contributed by atoms with E-state index < -0.39 is 16.1 Å². The molecule has 1 unspecified atom stereocenters. The number of benzene rings is 3. The highest BCUT2D eigenvalue weighted by atomic mass is 32.2. The van der Waals surface area contributed by atoms with Crippen molar-refractivity contribution in [1.29, 1.82) is 0 Å². The Kier molecular flexibility index (Phi) is 9.13. The van der Waals surface area contributed by atoms with E-state index in [2.05, 4.69) is 47.6 Å². The lowest BCUT2D eigenvalue weighted by molar-refractivity contribution is 0.157. The van der Waals surface area contributed by atoms with Crippen molar-refractivity contribution in [3.8, 4) is 17.0 Å². The monoisotopic (exact) mass is 602 g/mol. The maximum absolute atomic E-state index is 13.2. The highest BCUT2D eigenvalue weighted by Crippen LogP contribution is 2.39. The van der Waals surface area contributed by atoms with Gasteiger partial charge in [-0.2, -0.15) is 0 Å². The molecular weight excluding hydrogens is 560 g/mol. The van der Waals surface area contributed by atoms with Gasteiger partial charge in [0.15, 0.2) is 0 Å². The molecule has 1 aliphatic rings. The first kappa shape index (κ1) is 30.6. The average Bonchev–Trinajstić information content (AvgIpc) is 3.33. The lowest BCUT2D eigenvalue weighted by atomic mass is 9.87. The topological polar surface area (TPSA) is 104 Å². The normalized spacial score (nSPS) is 16.2. The average molecular weight is 603 g/mol. The molecule has 0 bridgehead atoms. The van der Waals surface area contributed by atoms with Gasteiger partial charge in [-0.1, -0.05) is 69.7 Å². The number of piperidine rings is 1. The van der Waals surface area contributed by atoms with Gasteiger partial charge in [0, 0.05) is 35.7 Å². The Hall–Kier alpha value is -3.82. The first-order chi connectivity index (χ1) is 20.5. The SMILES string of the molecule is CC1CCCCN1CCCNC(=O)Oc1[nH]c2ccc(NS(=O)(=O)c3ccc(C(C)(C)C)cc3)cc2c1-c1ccccc1. The minimum absolute atomic E-state index is 0.0780. The third kappa shape index (κ3) is 7.40. The summed E-state index contributed by atoms with van der Waals surface area (Å²) in [7, 11) is -3.82. The number of carbonyl (C=O) groups is 1. The number of nitrogens with one attached hydrogen (secondary N) is 3. The molecule has 0 aliphatic carbocycles. The van der Waals surface area contributed by atoms with Crippen molar-refractivity contribution >= 4 is 32.7 Å². The number of rotatable bonds is 9. The summed E-state index contributed by atoms with van der Waals surface area (Å²) >= 11 is 0. The van der Waals surface area contributed by atoms with E-state index in [4.69, 9.17) is 4.74 Å². The lowest BCUT2D eigenvalue weighted by Crippen LogP contribution is -2.39. The van der Waals surface area contributed by atoms with Crippen LogP contribution in [0.4, 0.5) is 10.5 Å². The van der Waals surface area contributed by atoms with E-state index >= 15 is 0 Å². The Balaban J connectivity index is 1.34. The number of aromatic amines is 1. The Bertz CT molecular complexity index is 1660. The molecular formula is C34H42N4O4S. The molecule has 1 saturated heterocycles. The minimum Gasteiger partial charge on any atom is -0.393 e. The van der Waals surface area contributed by atoms with Crippen LogP contribution in [0.2, 0.25) is 0 Å². The summed E-state index contributed by atoms with van der Waals surface area (Å²) in [4.78, 5) is 18.7. The molecule has 5 rings (SSSR count). The summed E-state index contributed by atoms with van der Waals surface area (Å²) in [6, 6.07) is 22.4. The summed E-state index contributed by atoms with van der Waals surface area (Å²) in [6.45, 7) is 11.1. The number of ether oxygens (including phenoxy) is 1. The van der Waals surface area contributed by atoms with Crippen LogP contribution in [-0.2, 0) is 15.4 Å². The van der Waals surface area contributed by atoms with Crippen molar-refractivity contribution in [2.75, 3.05) is 24.4 Å². The molecule has 2 heterocycles. The smallest absolute Gasteiger partial charge is 0.393 e.